The average Bonchev–Trinajstić information content (AvgIpc) is 2.26. The smallest absolute Gasteiger partial charge is 0.338 e. The number of carbonyl (C=O) groups excluding carboxylic acids is 1. The van der Waals surface area contributed by atoms with Crippen molar-refractivity contribution in [2.45, 2.75) is 18.8 Å². The lowest BCUT2D eigenvalue weighted by atomic mass is 10.2. The lowest BCUT2D eigenvalue weighted by Gasteiger charge is -2.16. The first-order valence-corrected chi connectivity index (χ1v) is 7.61. The molecule has 1 aromatic rings. The molecule has 0 aromatic heterocycles. The van der Waals surface area contributed by atoms with Crippen LogP contribution in [0.25, 0.3) is 0 Å². The first kappa shape index (κ1) is 12.5. The third kappa shape index (κ3) is 3.24. The monoisotopic (exact) mass is 234 g/mol. The molecule has 3 nitrogen and oxygen atoms in total. The number of anilines is 1. The van der Waals surface area contributed by atoms with E-state index in [0.29, 0.717) is 11.3 Å². The summed E-state index contributed by atoms with van der Waals surface area (Å²) in [4.78, 5) is 11.7. The molecule has 0 heterocycles. The van der Waals surface area contributed by atoms with Crippen molar-refractivity contribution in [3.63, 3.8) is 0 Å². The Morgan fingerprint density at radius 3 is 2.44 bits per heavy atom. The fourth-order valence-electron chi connectivity index (χ4n) is 1.20. The molecule has 0 amide bonds. The van der Waals surface area contributed by atoms with Gasteiger partial charge in [0, 0.05) is 5.69 Å². The van der Waals surface area contributed by atoms with Gasteiger partial charge in [-0.1, -0.05) is 25.7 Å². The van der Waals surface area contributed by atoms with Crippen LogP contribution in [0.4, 0.5) is 5.69 Å². The molecule has 4 heteroatoms. The fraction of sp³-hybridized carbons (Fsp3) is 0.250. The SMILES string of the molecule is C=CC(OC(=O)c1ccc(N)cc1)[Si](C)C. The Morgan fingerprint density at radius 1 is 1.44 bits per heavy atom. The highest BCUT2D eigenvalue weighted by atomic mass is 28.3. The van der Waals surface area contributed by atoms with Crippen molar-refractivity contribution in [3.05, 3.63) is 42.5 Å². The van der Waals surface area contributed by atoms with Crippen LogP contribution in [0.2, 0.25) is 13.1 Å². The number of hydrogen-bond donors (Lipinski definition) is 1. The molecule has 1 radical (unpaired) electrons. The Balaban J connectivity index is 2.71. The summed E-state index contributed by atoms with van der Waals surface area (Å²) >= 11 is 0. The second-order valence-electron chi connectivity index (χ2n) is 3.76. The molecule has 2 N–H and O–H groups in total. The van der Waals surface area contributed by atoms with E-state index in [-0.39, 0.29) is 11.7 Å². The molecular formula is C12H16NO2Si. The van der Waals surface area contributed by atoms with Gasteiger partial charge < -0.3 is 10.5 Å². The third-order valence-corrected chi connectivity index (χ3v) is 3.66. The zero-order valence-corrected chi connectivity index (χ0v) is 10.6. The van der Waals surface area contributed by atoms with Crippen LogP contribution < -0.4 is 5.73 Å². The highest BCUT2D eigenvalue weighted by molar-refractivity contribution is 6.58. The Kier molecular flexibility index (Phi) is 4.31. The first-order chi connectivity index (χ1) is 7.54. The maximum absolute atomic E-state index is 11.7. The summed E-state index contributed by atoms with van der Waals surface area (Å²) in [5, 5.41) is 0. The zero-order chi connectivity index (χ0) is 12.1. The Morgan fingerprint density at radius 2 is 2.00 bits per heavy atom. The molecule has 1 rings (SSSR count). The summed E-state index contributed by atoms with van der Waals surface area (Å²) in [5.41, 5.74) is 6.53. The van der Waals surface area contributed by atoms with E-state index in [0.717, 1.165) is 0 Å². The van der Waals surface area contributed by atoms with E-state index in [9.17, 15) is 4.79 Å². The van der Waals surface area contributed by atoms with Gasteiger partial charge in [-0.3, -0.25) is 0 Å². The van der Waals surface area contributed by atoms with E-state index in [1.54, 1.807) is 30.3 Å². The van der Waals surface area contributed by atoms with Gasteiger partial charge in [0.2, 0.25) is 0 Å². The Bertz CT molecular complexity index is 373. The van der Waals surface area contributed by atoms with Gasteiger partial charge in [-0.15, -0.1) is 0 Å². The average molecular weight is 234 g/mol. The molecule has 85 valence electrons. The van der Waals surface area contributed by atoms with Gasteiger partial charge in [0.05, 0.1) is 14.4 Å². The van der Waals surface area contributed by atoms with Gasteiger partial charge >= 0.3 is 5.97 Å². The molecule has 0 aliphatic heterocycles. The van der Waals surface area contributed by atoms with Crippen LogP contribution in [-0.4, -0.2) is 20.5 Å². The highest BCUT2D eigenvalue weighted by Gasteiger charge is 2.17. The van der Waals surface area contributed by atoms with Crippen LogP contribution >= 0.6 is 0 Å². The number of nitrogens with two attached hydrogens (primary N) is 1. The number of hydrogen-bond acceptors (Lipinski definition) is 3. The minimum atomic E-state index is -0.720. The van der Waals surface area contributed by atoms with Crippen molar-refractivity contribution in [2.75, 3.05) is 5.73 Å². The van der Waals surface area contributed by atoms with Crippen LogP contribution in [0, 0.1) is 0 Å². The maximum Gasteiger partial charge on any atom is 0.338 e. The van der Waals surface area contributed by atoms with Crippen molar-refractivity contribution in [3.8, 4) is 0 Å². The Labute approximate surface area is 97.5 Å². The second-order valence-corrected chi connectivity index (χ2v) is 6.48. The third-order valence-electron chi connectivity index (χ3n) is 2.16. The summed E-state index contributed by atoms with van der Waals surface area (Å²) in [6.45, 7) is 7.82. The van der Waals surface area contributed by atoms with Gasteiger partial charge in [0.25, 0.3) is 0 Å². The Hall–Kier alpha value is -1.55. The largest absolute Gasteiger partial charge is 0.459 e. The predicted molar refractivity (Wildman–Crippen MR) is 67.7 cm³/mol. The van der Waals surface area contributed by atoms with Crippen molar-refractivity contribution in [1.82, 2.24) is 0 Å². The standard InChI is InChI=1S/C12H16NO2Si/c1-4-11(16(2)3)15-12(14)9-5-7-10(13)8-6-9/h4-8,11H,1,13H2,2-3H3. The molecule has 1 atom stereocenters. The van der Waals surface area contributed by atoms with E-state index in [2.05, 4.69) is 19.7 Å². The van der Waals surface area contributed by atoms with Crippen LogP contribution in [0.15, 0.2) is 36.9 Å². The molecule has 0 saturated carbocycles. The van der Waals surface area contributed by atoms with E-state index < -0.39 is 8.80 Å². The number of ether oxygens (including phenoxy) is 1. The van der Waals surface area contributed by atoms with Crippen molar-refractivity contribution >= 4 is 20.5 Å². The summed E-state index contributed by atoms with van der Waals surface area (Å²) in [7, 11) is -0.720. The van der Waals surface area contributed by atoms with Gasteiger partial charge in [-0.25, -0.2) is 4.79 Å². The van der Waals surface area contributed by atoms with E-state index in [1.165, 1.54) is 0 Å². The highest BCUT2D eigenvalue weighted by Crippen LogP contribution is 2.09. The predicted octanol–water partition coefficient (Wildman–Crippen LogP) is 2.27. The zero-order valence-electron chi connectivity index (χ0n) is 9.57. The molecule has 0 fully saturated rings. The molecule has 0 saturated heterocycles. The first-order valence-electron chi connectivity index (χ1n) is 5.03. The minimum absolute atomic E-state index is 0.157. The topological polar surface area (TPSA) is 52.3 Å². The summed E-state index contributed by atoms with van der Waals surface area (Å²) in [6, 6.07) is 6.69. The second kappa shape index (κ2) is 5.51. The van der Waals surface area contributed by atoms with Gasteiger partial charge in [0.15, 0.2) is 0 Å². The lowest BCUT2D eigenvalue weighted by Crippen LogP contribution is -2.28. The van der Waals surface area contributed by atoms with Gasteiger partial charge in [-0.05, 0) is 24.3 Å². The molecule has 0 spiro atoms. The molecule has 0 bridgehead atoms. The molecule has 0 aliphatic carbocycles. The van der Waals surface area contributed by atoms with Crippen molar-refractivity contribution in [2.24, 2.45) is 0 Å². The molecule has 0 aliphatic rings. The van der Waals surface area contributed by atoms with Crippen LogP contribution in [0.5, 0.6) is 0 Å². The van der Waals surface area contributed by atoms with Crippen LogP contribution in [0.1, 0.15) is 10.4 Å². The van der Waals surface area contributed by atoms with E-state index in [1.807, 2.05) is 0 Å². The quantitative estimate of drug-likeness (QED) is 0.376. The van der Waals surface area contributed by atoms with Crippen LogP contribution in [-0.2, 0) is 4.74 Å². The van der Waals surface area contributed by atoms with Crippen LogP contribution in [0.3, 0.4) is 0 Å². The van der Waals surface area contributed by atoms with E-state index in [4.69, 9.17) is 10.5 Å². The lowest BCUT2D eigenvalue weighted by molar-refractivity contribution is 0.0495. The summed E-state index contributed by atoms with van der Waals surface area (Å²) in [5.74, 6) is -0.323. The summed E-state index contributed by atoms with van der Waals surface area (Å²) < 4.78 is 5.33. The number of rotatable bonds is 4. The van der Waals surface area contributed by atoms with E-state index >= 15 is 0 Å². The van der Waals surface area contributed by atoms with Crippen molar-refractivity contribution < 1.29 is 9.53 Å². The minimum Gasteiger partial charge on any atom is -0.459 e. The molecule has 1 aromatic carbocycles. The molecule has 1 unspecified atom stereocenters. The van der Waals surface area contributed by atoms with Gasteiger partial charge in [0.1, 0.15) is 5.73 Å². The van der Waals surface area contributed by atoms with Crippen molar-refractivity contribution in [1.29, 1.82) is 0 Å². The summed E-state index contributed by atoms with van der Waals surface area (Å²) in [6.07, 6.45) is 1.68. The van der Waals surface area contributed by atoms with Gasteiger partial charge in [-0.2, -0.15) is 0 Å². The number of benzene rings is 1. The normalized spacial score (nSPS) is 12.2. The fourth-order valence-corrected chi connectivity index (χ4v) is 2.02. The molecular weight excluding hydrogens is 218 g/mol. The number of esters is 1. The number of carbonyl (C=O) groups is 1. The number of nitrogen functional groups attached to an aromatic ring is 1. The maximum atomic E-state index is 11.7. The molecule has 16 heavy (non-hydrogen) atoms.